The number of carbonyl (C=O) groups excluding carboxylic acids is 1. The van der Waals surface area contributed by atoms with E-state index < -0.39 is 0 Å². The molecule has 2 heterocycles. The van der Waals surface area contributed by atoms with Crippen molar-refractivity contribution >= 4 is 21.8 Å². The van der Waals surface area contributed by atoms with Crippen LogP contribution in [-0.2, 0) is 24.3 Å². The molecule has 4 rings (SSSR count). The first kappa shape index (κ1) is 17.7. The van der Waals surface area contributed by atoms with Crippen molar-refractivity contribution in [3.63, 3.8) is 0 Å². The Balaban J connectivity index is 1.39. The van der Waals surface area contributed by atoms with Gasteiger partial charge in [0.25, 0.3) is 0 Å². The fraction of sp³-hybridized carbons (Fsp3) is 0.409. The number of fused-ring (bicyclic) bond motifs is 1. The lowest BCUT2D eigenvalue weighted by atomic mass is 9.93. The Morgan fingerprint density at radius 1 is 1.08 bits per heavy atom. The first-order valence-electron chi connectivity index (χ1n) is 9.51. The van der Waals surface area contributed by atoms with Gasteiger partial charge in [0.1, 0.15) is 0 Å². The van der Waals surface area contributed by atoms with Crippen LogP contribution >= 0.6 is 15.9 Å². The second kappa shape index (κ2) is 7.93. The minimum absolute atomic E-state index is 0.140. The maximum absolute atomic E-state index is 13.1. The second-order valence-corrected chi connectivity index (χ2v) is 8.40. The lowest BCUT2D eigenvalue weighted by molar-refractivity contribution is -0.138. The lowest BCUT2D eigenvalue weighted by Gasteiger charge is -2.36. The van der Waals surface area contributed by atoms with E-state index in [2.05, 4.69) is 74.3 Å². The van der Waals surface area contributed by atoms with E-state index in [1.807, 2.05) is 0 Å². The molecule has 4 heteroatoms. The quantitative estimate of drug-likeness (QED) is 0.752. The number of hydrogen-bond acceptors (Lipinski definition) is 2. The van der Waals surface area contributed by atoms with Crippen LogP contribution in [0.3, 0.4) is 0 Å². The summed E-state index contributed by atoms with van der Waals surface area (Å²) in [5, 5.41) is 0. The molecule has 0 unspecified atom stereocenters. The average molecular weight is 413 g/mol. The lowest BCUT2D eigenvalue weighted by Crippen LogP contribution is -2.46. The fourth-order valence-electron chi connectivity index (χ4n) is 4.24. The zero-order valence-electron chi connectivity index (χ0n) is 15.0. The van der Waals surface area contributed by atoms with Gasteiger partial charge >= 0.3 is 0 Å². The number of nitrogens with zero attached hydrogens (tertiary/aromatic N) is 2. The monoisotopic (exact) mass is 412 g/mol. The largest absolute Gasteiger partial charge is 0.338 e. The Bertz CT molecular complexity index is 791. The predicted molar refractivity (Wildman–Crippen MR) is 108 cm³/mol. The van der Waals surface area contributed by atoms with Gasteiger partial charge in [-0.3, -0.25) is 9.69 Å². The van der Waals surface area contributed by atoms with Crippen molar-refractivity contribution in [1.82, 2.24) is 9.80 Å². The molecule has 0 bridgehead atoms. The highest BCUT2D eigenvalue weighted by molar-refractivity contribution is 9.10. The van der Waals surface area contributed by atoms with Gasteiger partial charge in [-0.15, -0.1) is 0 Å². The van der Waals surface area contributed by atoms with Crippen LogP contribution < -0.4 is 0 Å². The summed E-state index contributed by atoms with van der Waals surface area (Å²) in [5.74, 6) is 0.486. The summed E-state index contributed by atoms with van der Waals surface area (Å²) in [6.45, 7) is 4.52. The summed E-state index contributed by atoms with van der Waals surface area (Å²) in [7, 11) is 0. The van der Waals surface area contributed by atoms with Crippen molar-refractivity contribution in [1.29, 1.82) is 0 Å². The standard InChI is InChI=1S/C22H25BrN2O/c23-21-9-3-5-17(13-21)14-24-11-4-8-20(15-24)22(26)25-12-10-18-6-1-2-7-19(18)16-25/h1-3,5-7,9,13,20H,4,8,10-12,14-16H2/t20-/m1/s1. The van der Waals surface area contributed by atoms with Crippen LogP contribution in [0.2, 0.25) is 0 Å². The molecule has 26 heavy (non-hydrogen) atoms. The molecule has 0 radical (unpaired) electrons. The number of benzene rings is 2. The molecule has 2 aromatic rings. The van der Waals surface area contributed by atoms with Gasteiger partial charge in [-0.2, -0.15) is 0 Å². The highest BCUT2D eigenvalue weighted by atomic mass is 79.9. The fourth-order valence-corrected chi connectivity index (χ4v) is 4.68. The Morgan fingerprint density at radius 2 is 1.92 bits per heavy atom. The third-order valence-electron chi connectivity index (χ3n) is 5.59. The maximum atomic E-state index is 13.1. The molecule has 2 aliphatic heterocycles. The Labute approximate surface area is 164 Å². The van der Waals surface area contributed by atoms with Crippen LogP contribution in [0.15, 0.2) is 53.0 Å². The van der Waals surface area contributed by atoms with Crippen LogP contribution in [0, 0.1) is 5.92 Å². The molecule has 0 N–H and O–H groups in total. The zero-order chi connectivity index (χ0) is 17.9. The molecule has 0 saturated carbocycles. The van der Waals surface area contributed by atoms with Crippen molar-refractivity contribution in [2.75, 3.05) is 19.6 Å². The van der Waals surface area contributed by atoms with Crippen LogP contribution in [0.4, 0.5) is 0 Å². The van der Waals surface area contributed by atoms with Crippen molar-refractivity contribution < 1.29 is 4.79 Å². The van der Waals surface area contributed by atoms with E-state index >= 15 is 0 Å². The first-order valence-corrected chi connectivity index (χ1v) is 10.3. The van der Waals surface area contributed by atoms with E-state index in [0.29, 0.717) is 5.91 Å². The summed E-state index contributed by atoms with van der Waals surface area (Å²) in [6, 6.07) is 17.0. The molecule has 1 saturated heterocycles. The van der Waals surface area contributed by atoms with Gasteiger partial charge in [-0.05, 0) is 54.6 Å². The smallest absolute Gasteiger partial charge is 0.227 e. The molecule has 3 nitrogen and oxygen atoms in total. The van der Waals surface area contributed by atoms with Gasteiger partial charge in [0, 0.05) is 30.7 Å². The van der Waals surface area contributed by atoms with Gasteiger partial charge in [-0.1, -0.05) is 52.3 Å². The van der Waals surface area contributed by atoms with E-state index in [1.54, 1.807) is 0 Å². The van der Waals surface area contributed by atoms with Gasteiger partial charge in [-0.25, -0.2) is 0 Å². The Morgan fingerprint density at radius 3 is 2.77 bits per heavy atom. The van der Waals surface area contributed by atoms with Crippen LogP contribution in [-0.4, -0.2) is 35.3 Å². The van der Waals surface area contributed by atoms with E-state index in [9.17, 15) is 4.79 Å². The second-order valence-electron chi connectivity index (χ2n) is 7.48. The van der Waals surface area contributed by atoms with Gasteiger partial charge < -0.3 is 4.90 Å². The van der Waals surface area contributed by atoms with Gasteiger partial charge in [0.05, 0.1) is 5.92 Å². The SMILES string of the molecule is O=C([C@@H]1CCCN(Cc2cccc(Br)c2)C1)N1CCc2ccccc2C1. The summed E-state index contributed by atoms with van der Waals surface area (Å²) in [4.78, 5) is 17.6. The predicted octanol–water partition coefficient (Wildman–Crippen LogP) is 4.25. The van der Waals surface area contributed by atoms with Crippen molar-refractivity contribution in [2.45, 2.75) is 32.4 Å². The third-order valence-corrected chi connectivity index (χ3v) is 6.09. The number of rotatable bonds is 3. The number of likely N-dealkylation sites (tertiary alicyclic amines) is 1. The van der Waals surface area contributed by atoms with Crippen molar-refractivity contribution in [2.24, 2.45) is 5.92 Å². The topological polar surface area (TPSA) is 23.6 Å². The van der Waals surface area contributed by atoms with Crippen molar-refractivity contribution in [3.05, 3.63) is 69.7 Å². The van der Waals surface area contributed by atoms with Crippen LogP contribution in [0.5, 0.6) is 0 Å². The minimum Gasteiger partial charge on any atom is -0.338 e. The average Bonchev–Trinajstić information content (AvgIpc) is 2.67. The minimum atomic E-state index is 0.140. The molecular formula is C22H25BrN2O. The van der Waals surface area contributed by atoms with Crippen molar-refractivity contribution in [3.8, 4) is 0 Å². The molecule has 0 spiro atoms. The van der Waals surface area contributed by atoms with E-state index in [4.69, 9.17) is 0 Å². The third kappa shape index (κ3) is 4.02. The van der Waals surface area contributed by atoms with Gasteiger partial charge in [0.15, 0.2) is 0 Å². The van der Waals surface area contributed by atoms with E-state index in [1.165, 1.54) is 16.7 Å². The highest BCUT2D eigenvalue weighted by Gasteiger charge is 2.30. The molecule has 0 aromatic heterocycles. The van der Waals surface area contributed by atoms with Crippen LogP contribution in [0.25, 0.3) is 0 Å². The summed E-state index contributed by atoms with van der Waals surface area (Å²) in [6.07, 6.45) is 3.11. The molecule has 1 amide bonds. The number of hydrogen-bond donors (Lipinski definition) is 0. The maximum Gasteiger partial charge on any atom is 0.227 e. The van der Waals surface area contributed by atoms with Crippen LogP contribution in [0.1, 0.15) is 29.5 Å². The zero-order valence-corrected chi connectivity index (χ0v) is 16.6. The molecule has 2 aliphatic rings. The number of amides is 1. The summed E-state index contributed by atoms with van der Waals surface area (Å²) >= 11 is 3.55. The highest BCUT2D eigenvalue weighted by Crippen LogP contribution is 2.25. The number of carbonyl (C=O) groups is 1. The van der Waals surface area contributed by atoms with E-state index in [0.717, 1.165) is 56.5 Å². The molecule has 136 valence electrons. The number of halogens is 1. The van der Waals surface area contributed by atoms with E-state index in [-0.39, 0.29) is 5.92 Å². The number of piperidine rings is 1. The first-order chi connectivity index (χ1) is 12.7. The molecular weight excluding hydrogens is 388 g/mol. The van der Waals surface area contributed by atoms with Gasteiger partial charge in [0.2, 0.25) is 5.91 Å². The summed E-state index contributed by atoms with van der Waals surface area (Å²) in [5.41, 5.74) is 4.02. The molecule has 0 aliphatic carbocycles. The Hall–Kier alpha value is -1.65. The molecule has 1 atom stereocenters. The summed E-state index contributed by atoms with van der Waals surface area (Å²) < 4.78 is 1.12. The molecule has 2 aromatic carbocycles. The Kier molecular flexibility index (Phi) is 5.41. The molecule has 1 fully saturated rings. The normalized spacial score (nSPS) is 20.7.